The van der Waals surface area contributed by atoms with Crippen LogP contribution in [0.2, 0.25) is 0 Å². The molecule has 0 saturated heterocycles. The van der Waals surface area contributed by atoms with E-state index in [4.69, 9.17) is 0 Å². The largest absolute Gasteiger partial charge is 0.421 e. The van der Waals surface area contributed by atoms with Crippen molar-refractivity contribution in [1.29, 1.82) is 0 Å². The predicted octanol–water partition coefficient (Wildman–Crippen LogP) is 3.37. The van der Waals surface area contributed by atoms with Gasteiger partial charge in [0.1, 0.15) is 11.4 Å². The normalized spacial score (nSPS) is 16.2. The molecule has 1 atom stereocenters. The molecule has 0 saturated carbocycles. The number of aryl methyl sites for hydroxylation is 2. The van der Waals surface area contributed by atoms with E-state index in [1.54, 1.807) is 13.1 Å². The molecule has 148 valence electrons. The number of aromatic nitrogens is 6. The van der Waals surface area contributed by atoms with Crippen LogP contribution in [0.3, 0.4) is 0 Å². The van der Waals surface area contributed by atoms with E-state index in [-0.39, 0.29) is 17.8 Å². The SMILES string of the molecule is CCNc1nc(Nc2cn([C@@H]3CCn4nccc43)nc2C)ncc1C(F)(F)F. The maximum atomic E-state index is 13.1. The third-order valence-corrected chi connectivity index (χ3v) is 4.63. The molecule has 3 aromatic rings. The quantitative estimate of drug-likeness (QED) is 0.693. The fraction of sp³-hybridized carbons (Fsp3) is 0.412. The summed E-state index contributed by atoms with van der Waals surface area (Å²) in [7, 11) is 0. The molecule has 0 unspecified atom stereocenters. The van der Waals surface area contributed by atoms with Crippen LogP contribution in [-0.4, -0.2) is 36.1 Å². The van der Waals surface area contributed by atoms with Gasteiger partial charge in [0.05, 0.1) is 23.1 Å². The summed E-state index contributed by atoms with van der Waals surface area (Å²) in [5.74, 6) is -0.180. The lowest BCUT2D eigenvalue weighted by Crippen LogP contribution is -2.14. The minimum atomic E-state index is -4.53. The van der Waals surface area contributed by atoms with Crippen LogP contribution in [0, 0.1) is 6.92 Å². The lowest BCUT2D eigenvalue weighted by atomic mass is 10.2. The molecule has 4 heterocycles. The first-order valence-electron chi connectivity index (χ1n) is 8.89. The molecule has 2 N–H and O–H groups in total. The summed E-state index contributed by atoms with van der Waals surface area (Å²) in [6.45, 7) is 4.66. The Morgan fingerprint density at radius 3 is 2.89 bits per heavy atom. The fourth-order valence-corrected chi connectivity index (χ4v) is 3.31. The van der Waals surface area contributed by atoms with E-state index in [2.05, 4.69) is 30.8 Å². The Kier molecular flexibility index (Phi) is 4.44. The van der Waals surface area contributed by atoms with E-state index >= 15 is 0 Å². The van der Waals surface area contributed by atoms with E-state index < -0.39 is 11.7 Å². The Morgan fingerprint density at radius 1 is 1.32 bits per heavy atom. The van der Waals surface area contributed by atoms with Crippen LogP contribution < -0.4 is 10.6 Å². The van der Waals surface area contributed by atoms with Gasteiger partial charge in [0.2, 0.25) is 5.95 Å². The van der Waals surface area contributed by atoms with Gasteiger partial charge in [0.15, 0.2) is 0 Å². The average Bonchev–Trinajstić information content (AvgIpc) is 3.31. The fourth-order valence-electron chi connectivity index (χ4n) is 3.31. The second-order valence-electron chi connectivity index (χ2n) is 6.50. The Bertz CT molecular complexity index is 991. The Labute approximate surface area is 158 Å². The van der Waals surface area contributed by atoms with Crippen molar-refractivity contribution in [3.8, 4) is 0 Å². The van der Waals surface area contributed by atoms with Crippen LogP contribution in [0.15, 0.2) is 24.7 Å². The van der Waals surface area contributed by atoms with Crippen LogP contribution in [0.1, 0.15) is 36.3 Å². The monoisotopic (exact) mass is 392 g/mol. The first-order valence-corrected chi connectivity index (χ1v) is 8.89. The van der Waals surface area contributed by atoms with Crippen LogP contribution in [0.25, 0.3) is 0 Å². The van der Waals surface area contributed by atoms with Crippen molar-refractivity contribution in [3.63, 3.8) is 0 Å². The molecule has 0 bridgehead atoms. The molecule has 3 aromatic heterocycles. The van der Waals surface area contributed by atoms with Crippen molar-refractivity contribution < 1.29 is 13.2 Å². The van der Waals surface area contributed by atoms with E-state index in [1.165, 1.54) is 0 Å². The lowest BCUT2D eigenvalue weighted by molar-refractivity contribution is -0.137. The van der Waals surface area contributed by atoms with Crippen molar-refractivity contribution >= 4 is 17.5 Å². The molecular weight excluding hydrogens is 373 g/mol. The number of anilines is 3. The number of rotatable bonds is 5. The third-order valence-electron chi connectivity index (χ3n) is 4.63. The molecule has 0 amide bonds. The van der Waals surface area contributed by atoms with E-state index in [0.29, 0.717) is 17.9 Å². The summed E-state index contributed by atoms with van der Waals surface area (Å²) in [6, 6.07) is 2.03. The van der Waals surface area contributed by atoms with E-state index in [1.807, 2.05) is 28.6 Å². The zero-order valence-corrected chi connectivity index (χ0v) is 15.3. The van der Waals surface area contributed by atoms with Crippen LogP contribution in [0.4, 0.5) is 30.6 Å². The van der Waals surface area contributed by atoms with Gasteiger partial charge >= 0.3 is 6.18 Å². The number of nitrogens with one attached hydrogen (secondary N) is 2. The number of halogens is 3. The number of fused-ring (bicyclic) bond motifs is 1. The Balaban J connectivity index is 1.60. The van der Waals surface area contributed by atoms with Gasteiger partial charge in [-0.3, -0.25) is 9.36 Å². The van der Waals surface area contributed by atoms with Crippen molar-refractivity contribution in [2.45, 2.75) is 39.0 Å². The molecule has 0 aliphatic carbocycles. The summed E-state index contributed by atoms with van der Waals surface area (Å²) in [6.07, 6.45) is 0.710. The topological polar surface area (TPSA) is 85.5 Å². The predicted molar refractivity (Wildman–Crippen MR) is 96.4 cm³/mol. The number of hydrogen-bond donors (Lipinski definition) is 2. The maximum absolute atomic E-state index is 13.1. The average molecular weight is 392 g/mol. The zero-order chi connectivity index (χ0) is 19.9. The van der Waals surface area contributed by atoms with Crippen molar-refractivity contribution in [2.75, 3.05) is 17.2 Å². The zero-order valence-electron chi connectivity index (χ0n) is 15.3. The highest BCUT2D eigenvalue weighted by Gasteiger charge is 2.35. The standard InChI is InChI=1S/C17H19F3N8/c1-3-21-15-11(17(18,19)20)8-22-16(25-15)24-12-9-28(26-10(12)2)14-5-7-27-13(14)4-6-23-27/h4,6,8-9,14H,3,5,7H2,1-2H3,(H2,21,22,24,25)/t14-/m1/s1. The molecule has 11 heteroatoms. The summed E-state index contributed by atoms with van der Waals surface area (Å²) >= 11 is 0. The van der Waals surface area contributed by atoms with Gasteiger partial charge < -0.3 is 10.6 Å². The van der Waals surface area contributed by atoms with Crippen LogP contribution in [-0.2, 0) is 12.7 Å². The summed E-state index contributed by atoms with van der Waals surface area (Å²) in [5, 5.41) is 14.4. The van der Waals surface area contributed by atoms with Crippen molar-refractivity contribution in [3.05, 3.63) is 41.6 Å². The summed E-state index contributed by atoms with van der Waals surface area (Å²) in [5.41, 5.74) is 1.52. The Hall–Kier alpha value is -3.11. The van der Waals surface area contributed by atoms with Gasteiger partial charge in [-0.2, -0.15) is 28.4 Å². The highest BCUT2D eigenvalue weighted by Crippen LogP contribution is 2.34. The number of alkyl halides is 3. The maximum Gasteiger partial charge on any atom is 0.421 e. The minimum Gasteiger partial charge on any atom is -0.370 e. The molecule has 0 radical (unpaired) electrons. The first-order chi connectivity index (χ1) is 13.4. The Morgan fingerprint density at radius 2 is 2.14 bits per heavy atom. The molecule has 4 rings (SSSR count). The minimum absolute atomic E-state index is 0.0718. The molecule has 8 nitrogen and oxygen atoms in total. The van der Waals surface area contributed by atoms with Gasteiger partial charge in [-0.1, -0.05) is 0 Å². The highest BCUT2D eigenvalue weighted by atomic mass is 19.4. The summed E-state index contributed by atoms with van der Waals surface area (Å²) in [4.78, 5) is 7.82. The highest BCUT2D eigenvalue weighted by molar-refractivity contribution is 5.58. The molecule has 28 heavy (non-hydrogen) atoms. The van der Waals surface area contributed by atoms with Crippen molar-refractivity contribution in [1.82, 2.24) is 29.5 Å². The number of nitrogens with zero attached hydrogens (tertiary/aromatic N) is 6. The second kappa shape index (κ2) is 6.80. The smallest absolute Gasteiger partial charge is 0.370 e. The van der Waals surface area contributed by atoms with E-state index in [0.717, 1.165) is 24.9 Å². The second-order valence-corrected chi connectivity index (χ2v) is 6.50. The molecule has 0 spiro atoms. The van der Waals surface area contributed by atoms with Crippen LogP contribution in [0.5, 0.6) is 0 Å². The molecular formula is C17H19F3N8. The first kappa shape index (κ1) is 18.3. The lowest BCUT2D eigenvalue weighted by Gasteiger charge is -2.13. The van der Waals surface area contributed by atoms with Gasteiger partial charge in [0.25, 0.3) is 0 Å². The van der Waals surface area contributed by atoms with E-state index in [9.17, 15) is 13.2 Å². The molecule has 1 aliphatic heterocycles. The van der Waals surface area contributed by atoms with Crippen LogP contribution >= 0.6 is 0 Å². The molecule has 0 fully saturated rings. The number of hydrogen-bond acceptors (Lipinski definition) is 6. The van der Waals surface area contributed by atoms with Gasteiger partial charge in [-0.15, -0.1) is 0 Å². The van der Waals surface area contributed by atoms with Gasteiger partial charge in [-0.25, -0.2) is 4.98 Å². The van der Waals surface area contributed by atoms with Gasteiger partial charge in [-0.05, 0) is 26.3 Å². The van der Waals surface area contributed by atoms with Gasteiger partial charge in [0, 0.05) is 31.7 Å². The third kappa shape index (κ3) is 3.27. The van der Waals surface area contributed by atoms with Crippen molar-refractivity contribution in [2.24, 2.45) is 0 Å². The molecule has 1 aliphatic rings. The molecule has 0 aromatic carbocycles. The summed E-state index contributed by atoms with van der Waals surface area (Å²) < 4.78 is 43.1.